The normalized spacial score (nSPS) is 11.1. The molecule has 166 valence electrons. The summed E-state index contributed by atoms with van der Waals surface area (Å²) in [6.45, 7) is 3.88. The van der Waals surface area contributed by atoms with E-state index in [1.54, 1.807) is 42.5 Å². The van der Waals surface area contributed by atoms with E-state index in [9.17, 15) is 18.0 Å². The van der Waals surface area contributed by atoms with Crippen LogP contribution >= 0.6 is 0 Å². The molecule has 0 bridgehead atoms. The van der Waals surface area contributed by atoms with Gasteiger partial charge in [0.1, 0.15) is 0 Å². The first-order valence-electron chi connectivity index (χ1n) is 9.91. The van der Waals surface area contributed by atoms with Gasteiger partial charge in [-0.15, -0.1) is 0 Å². The number of nitrogens with one attached hydrogen (secondary N) is 1. The van der Waals surface area contributed by atoms with Crippen molar-refractivity contribution in [2.45, 2.75) is 20.4 Å². The molecule has 7 nitrogen and oxygen atoms in total. The molecule has 2 amide bonds. The Hall–Kier alpha value is -3.65. The Morgan fingerprint density at radius 3 is 2.06 bits per heavy atom. The fourth-order valence-electron chi connectivity index (χ4n) is 3.49. The van der Waals surface area contributed by atoms with Gasteiger partial charge in [0.2, 0.25) is 10.0 Å². The first kappa shape index (κ1) is 23.0. The lowest BCUT2D eigenvalue weighted by Crippen LogP contribution is -2.30. The van der Waals surface area contributed by atoms with Gasteiger partial charge in [-0.1, -0.05) is 42.5 Å². The fraction of sp³-hybridized carbons (Fsp3) is 0.167. The Morgan fingerprint density at radius 2 is 1.50 bits per heavy atom. The predicted molar refractivity (Wildman–Crippen MR) is 126 cm³/mol. The molecular weight excluding hydrogens is 426 g/mol. The maximum Gasteiger partial charge on any atom is 0.255 e. The number of nitrogens with zero attached hydrogens (tertiary/aromatic N) is 1. The Kier molecular flexibility index (Phi) is 6.64. The Labute approximate surface area is 187 Å². The third-order valence-electron chi connectivity index (χ3n) is 5.07. The molecule has 0 saturated carbocycles. The molecule has 0 heterocycles. The van der Waals surface area contributed by atoms with E-state index in [4.69, 9.17) is 5.73 Å². The summed E-state index contributed by atoms with van der Waals surface area (Å²) in [6, 6.07) is 18.8. The lowest BCUT2D eigenvalue weighted by molar-refractivity contribution is 0.100. The number of nitrogens with two attached hydrogens (primary N) is 1. The molecule has 0 atom stereocenters. The average molecular weight is 452 g/mol. The lowest BCUT2D eigenvalue weighted by Gasteiger charge is -2.26. The number of para-hydroxylation sites is 2. The second-order valence-electron chi connectivity index (χ2n) is 7.57. The lowest BCUT2D eigenvalue weighted by atomic mass is 10.1. The summed E-state index contributed by atoms with van der Waals surface area (Å²) in [7, 11) is -3.53. The highest BCUT2D eigenvalue weighted by atomic mass is 32.2. The molecule has 0 aliphatic carbocycles. The Balaban J connectivity index is 1.83. The third-order valence-corrected chi connectivity index (χ3v) is 6.18. The predicted octanol–water partition coefficient (Wildman–Crippen LogP) is 3.62. The summed E-state index contributed by atoms with van der Waals surface area (Å²) in [5.74, 6) is -1.04. The van der Waals surface area contributed by atoms with Gasteiger partial charge in [-0.2, -0.15) is 0 Å². The zero-order valence-corrected chi connectivity index (χ0v) is 18.9. The number of aryl methyl sites for hydroxylation is 2. The van der Waals surface area contributed by atoms with Gasteiger partial charge in [-0.3, -0.25) is 13.9 Å². The number of carbonyl (C=O) groups excluding carboxylic acids is 2. The quantitative estimate of drug-likeness (QED) is 0.572. The maximum atomic E-state index is 12.6. The van der Waals surface area contributed by atoms with E-state index in [-0.39, 0.29) is 12.1 Å². The smallest absolute Gasteiger partial charge is 0.255 e. The fourth-order valence-corrected chi connectivity index (χ4v) is 4.49. The summed E-state index contributed by atoms with van der Waals surface area (Å²) >= 11 is 0. The van der Waals surface area contributed by atoms with Gasteiger partial charge in [0, 0.05) is 5.56 Å². The van der Waals surface area contributed by atoms with Crippen molar-refractivity contribution in [3.63, 3.8) is 0 Å². The molecule has 3 aromatic carbocycles. The van der Waals surface area contributed by atoms with Crippen LogP contribution in [0.5, 0.6) is 0 Å². The van der Waals surface area contributed by atoms with E-state index in [1.165, 1.54) is 16.6 Å². The van der Waals surface area contributed by atoms with Crippen LogP contribution < -0.4 is 15.4 Å². The topological polar surface area (TPSA) is 110 Å². The number of carbonyl (C=O) groups is 2. The van der Waals surface area contributed by atoms with Crippen LogP contribution in [0.25, 0.3) is 0 Å². The van der Waals surface area contributed by atoms with Crippen molar-refractivity contribution in [1.29, 1.82) is 0 Å². The van der Waals surface area contributed by atoms with Crippen molar-refractivity contribution in [2.24, 2.45) is 5.73 Å². The summed E-state index contributed by atoms with van der Waals surface area (Å²) in [5.41, 5.74) is 9.37. The molecule has 0 radical (unpaired) electrons. The van der Waals surface area contributed by atoms with Crippen LogP contribution in [0.15, 0.2) is 66.7 Å². The summed E-state index contributed by atoms with van der Waals surface area (Å²) < 4.78 is 26.4. The average Bonchev–Trinajstić information content (AvgIpc) is 2.73. The molecule has 0 fully saturated rings. The van der Waals surface area contributed by atoms with Crippen LogP contribution in [-0.4, -0.2) is 26.5 Å². The van der Waals surface area contributed by atoms with E-state index in [1.807, 2.05) is 32.0 Å². The molecule has 0 unspecified atom stereocenters. The molecule has 8 heteroatoms. The van der Waals surface area contributed by atoms with Crippen LogP contribution in [0.4, 0.5) is 11.4 Å². The Bertz CT molecular complexity index is 1250. The molecular formula is C24H25N3O4S. The standard InChI is InChI=1S/C24H25N3O4S/c1-16-7-6-8-17(2)22(16)27(32(3,30)31)15-18-11-13-19(14-12-18)24(29)26-21-10-5-4-9-20(21)23(25)28/h4-14H,15H2,1-3H3,(H2,25,28)(H,26,29). The van der Waals surface area contributed by atoms with Crippen molar-refractivity contribution in [2.75, 3.05) is 15.9 Å². The van der Waals surface area contributed by atoms with E-state index >= 15 is 0 Å². The number of sulfonamides is 1. The third kappa shape index (κ3) is 5.15. The molecule has 3 rings (SSSR count). The molecule has 0 aromatic heterocycles. The highest BCUT2D eigenvalue weighted by Gasteiger charge is 2.21. The second kappa shape index (κ2) is 9.23. The van der Waals surface area contributed by atoms with Crippen LogP contribution in [0, 0.1) is 13.8 Å². The Morgan fingerprint density at radius 1 is 0.906 bits per heavy atom. The van der Waals surface area contributed by atoms with Crippen molar-refractivity contribution in [3.05, 3.63) is 94.5 Å². The van der Waals surface area contributed by atoms with E-state index < -0.39 is 21.8 Å². The number of hydrogen-bond donors (Lipinski definition) is 2. The first-order chi connectivity index (χ1) is 15.1. The number of rotatable bonds is 7. The summed E-state index contributed by atoms with van der Waals surface area (Å²) in [4.78, 5) is 24.2. The van der Waals surface area contributed by atoms with Gasteiger partial charge in [0.25, 0.3) is 11.8 Å². The molecule has 3 aromatic rings. The summed E-state index contributed by atoms with van der Waals surface area (Å²) in [6.07, 6.45) is 1.18. The highest BCUT2D eigenvalue weighted by Crippen LogP contribution is 2.28. The minimum Gasteiger partial charge on any atom is -0.366 e. The molecule has 0 aliphatic rings. The second-order valence-corrected chi connectivity index (χ2v) is 9.48. The van der Waals surface area contributed by atoms with Crippen molar-refractivity contribution in [3.8, 4) is 0 Å². The van der Waals surface area contributed by atoms with E-state index in [0.29, 0.717) is 16.9 Å². The molecule has 32 heavy (non-hydrogen) atoms. The molecule has 0 saturated heterocycles. The van der Waals surface area contributed by atoms with Gasteiger partial charge >= 0.3 is 0 Å². The number of primary amides is 1. The van der Waals surface area contributed by atoms with Gasteiger partial charge in [-0.25, -0.2) is 8.42 Å². The summed E-state index contributed by atoms with van der Waals surface area (Å²) in [5, 5.41) is 2.69. The number of amides is 2. The number of hydrogen-bond acceptors (Lipinski definition) is 4. The van der Waals surface area contributed by atoms with Gasteiger partial charge in [0.15, 0.2) is 0 Å². The minimum absolute atomic E-state index is 0.136. The molecule has 0 aliphatic heterocycles. The zero-order chi connectivity index (χ0) is 23.5. The maximum absolute atomic E-state index is 12.6. The molecule has 3 N–H and O–H groups in total. The SMILES string of the molecule is Cc1cccc(C)c1N(Cc1ccc(C(=O)Nc2ccccc2C(N)=O)cc1)S(C)(=O)=O. The van der Waals surface area contributed by atoms with Crippen LogP contribution in [0.1, 0.15) is 37.4 Å². The van der Waals surface area contributed by atoms with Gasteiger partial charge in [0.05, 0.1) is 29.7 Å². The first-order valence-corrected chi connectivity index (χ1v) is 11.8. The minimum atomic E-state index is -3.53. The largest absolute Gasteiger partial charge is 0.366 e. The number of anilines is 2. The van der Waals surface area contributed by atoms with E-state index in [0.717, 1.165) is 16.7 Å². The van der Waals surface area contributed by atoms with Crippen molar-refractivity contribution < 1.29 is 18.0 Å². The van der Waals surface area contributed by atoms with Gasteiger partial charge in [-0.05, 0) is 54.8 Å². The van der Waals surface area contributed by atoms with Gasteiger partial charge < -0.3 is 11.1 Å². The monoisotopic (exact) mass is 451 g/mol. The van der Waals surface area contributed by atoms with Crippen molar-refractivity contribution >= 4 is 33.2 Å². The van der Waals surface area contributed by atoms with Crippen molar-refractivity contribution in [1.82, 2.24) is 0 Å². The highest BCUT2D eigenvalue weighted by molar-refractivity contribution is 7.92. The van der Waals surface area contributed by atoms with Crippen LogP contribution in [-0.2, 0) is 16.6 Å². The number of benzene rings is 3. The van der Waals surface area contributed by atoms with E-state index in [2.05, 4.69) is 5.32 Å². The van der Waals surface area contributed by atoms with Crippen LogP contribution in [0.3, 0.4) is 0 Å². The molecule has 0 spiro atoms. The zero-order valence-electron chi connectivity index (χ0n) is 18.1. The van der Waals surface area contributed by atoms with Crippen LogP contribution in [0.2, 0.25) is 0 Å².